The molecule has 0 saturated carbocycles. The summed E-state index contributed by atoms with van der Waals surface area (Å²) in [6, 6.07) is 7.05. The largest absolute Gasteiger partial charge is 0.434 e. The van der Waals surface area contributed by atoms with Crippen molar-refractivity contribution in [2.75, 3.05) is 13.6 Å². The number of carbonyl (C=O) groups is 1. The summed E-state index contributed by atoms with van der Waals surface area (Å²) in [4.78, 5) is 19.7. The standard InChI is InChI=1S/C17H20F3N5OS/c1-3-22-16(24-9-14-25-13(10-27-14)17(18,19)20)23-8-11-5-4-6-12(7-11)15(26)21-2/h4-7,10H,3,8-9H2,1-2H3,(H,21,26)(H2,22,23,24). The molecule has 0 bridgehead atoms. The molecule has 0 saturated heterocycles. The molecule has 0 aliphatic rings. The van der Waals surface area contributed by atoms with Gasteiger partial charge in [-0.3, -0.25) is 4.79 Å². The van der Waals surface area contributed by atoms with Crippen LogP contribution in [-0.4, -0.2) is 30.4 Å². The van der Waals surface area contributed by atoms with Crippen LogP contribution in [0.4, 0.5) is 13.2 Å². The molecule has 0 radical (unpaired) electrons. The van der Waals surface area contributed by atoms with E-state index in [9.17, 15) is 18.0 Å². The van der Waals surface area contributed by atoms with Crippen molar-refractivity contribution < 1.29 is 18.0 Å². The molecule has 6 nitrogen and oxygen atoms in total. The van der Waals surface area contributed by atoms with E-state index in [1.807, 2.05) is 13.0 Å². The molecule has 0 atom stereocenters. The average Bonchev–Trinajstić information content (AvgIpc) is 3.13. The summed E-state index contributed by atoms with van der Waals surface area (Å²) in [5, 5.41) is 9.85. The maximum atomic E-state index is 12.6. The van der Waals surface area contributed by atoms with Crippen LogP contribution < -0.4 is 16.0 Å². The lowest BCUT2D eigenvalue weighted by Gasteiger charge is -2.10. The number of hydrogen-bond acceptors (Lipinski definition) is 4. The van der Waals surface area contributed by atoms with Crippen molar-refractivity contribution in [2.45, 2.75) is 26.2 Å². The van der Waals surface area contributed by atoms with Gasteiger partial charge in [-0.1, -0.05) is 12.1 Å². The fraction of sp³-hybridized carbons (Fsp3) is 0.353. The van der Waals surface area contributed by atoms with Gasteiger partial charge in [0.1, 0.15) is 5.01 Å². The highest BCUT2D eigenvalue weighted by atomic mass is 32.1. The molecule has 0 fully saturated rings. The minimum Gasteiger partial charge on any atom is -0.357 e. The van der Waals surface area contributed by atoms with Crippen LogP contribution in [0.5, 0.6) is 0 Å². The minimum atomic E-state index is -4.44. The average molecular weight is 399 g/mol. The number of nitrogens with one attached hydrogen (secondary N) is 3. The summed E-state index contributed by atoms with van der Waals surface area (Å²) in [5.41, 5.74) is 0.477. The van der Waals surface area contributed by atoms with Gasteiger partial charge in [-0.2, -0.15) is 13.2 Å². The lowest BCUT2D eigenvalue weighted by Crippen LogP contribution is -2.36. The molecule has 27 heavy (non-hydrogen) atoms. The van der Waals surface area contributed by atoms with E-state index in [0.717, 1.165) is 22.3 Å². The highest BCUT2D eigenvalue weighted by molar-refractivity contribution is 7.09. The van der Waals surface area contributed by atoms with Gasteiger partial charge in [0.15, 0.2) is 11.7 Å². The third-order valence-corrected chi connectivity index (χ3v) is 4.28. The van der Waals surface area contributed by atoms with Gasteiger partial charge in [0, 0.05) is 24.5 Å². The van der Waals surface area contributed by atoms with Crippen LogP contribution >= 0.6 is 11.3 Å². The van der Waals surface area contributed by atoms with E-state index in [-0.39, 0.29) is 12.5 Å². The van der Waals surface area contributed by atoms with Crippen LogP contribution in [0.2, 0.25) is 0 Å². The van der Waals surface area contributed by atoms with Crippen LogP contribution in [0, 0.1) is 0 Å². The van der Waals surface area contributed by atoms with Crippen LogP contribution in [0.25, 0.3) is 0 Å². The van der Waals surface area contributed by atoms with Crippen LogP contribution in [0.15, 0.2) is 34.6 Å². The molecule has 146 valence electrons. The Morgan fingerprint density at radius 1 is 1.30 bits per heavy atom. The molecule has 2 rings (SSSR count). The zero-order chi connectivity index (χ0) is 19.9. The molecule has 0 spiro atoms. The van der Waals surface area contributed by atoms with Crippen LogP contribution in [0.3, 0.4) is 0 Å². The van der Waals surface area contributed by atoms with E-state index in [1.165, 1.54) is 0 Å². The smallest absolute Gasteiger partial charge is 0.357 e. The van der Waals surface area contributed by atoms with Gasteiger partial charge in [0.25, 0.3) is 5.91 Å². The van der Waals surface area contributed by atoms with Gasteiger partial charge in [-0.15, -0.1) is 11.3 Å². The molecule has 0 aliphatic carbocycles. The maximum absolute atomic E-state index is 12.6. The summed E-state index contributed by atoms with van der Waals surface area (Å²) in [7, 11) is 1.56. The Balaban J connectivity index is 2.02. The second-order valence-electron chi connectivity index (χ2n) is 5.45. The monoisotopic (exact) mass is 399 g/mol. The highest BCUT2D eigenvalue weighted by Gasteiger charge is 2.33. The van der Waals surface area contributed by atoms with Crippen molar-refractivity contribution in [2.24, 2.45) is 4.99 Å². The van der Waals surface area contributed by atoms with Crippen molar-refractivity contribution in [3.8, 4) is 0 Å². The first-order chi connectivity index (χ1) is 12.8. The second kappa shape index (κ2) is 9.36. The summed E-state index contributed by atoms with van der Waals surface area (Å²) in [6.07, 6.45) is -4.44. The van der Waals surface area contributed by atoms with E-state index >= 15 is 0 Å². The number of alkyl halides is 3. The Morgan fingerprint density at radius 3 is 2.70 bits per heavy atom. The van der Waals surface area contributed by atoms with Crippen LogP contribution in [-0.2, 0) is 19.3 Å². The quantitative estimate of drug-likeness (QED) is 0.516. The minimum absolute atomic E-state index is 0.130. The van der Waals surface area contributed by atoms with Crippen molar-refractivity contribution >= 4 is 23.2 Å². The SMILES string of the molecule is CCNC(=NCc1cccc(C(=O)NC)c1)NCc1nc(C(F)(F)F)cs1. The topological polar surface area (TPSA) is 78.4 Å². The van der Waals surface area contributed by atoms with Crippen molar-refractivity contribution in [3.63, 3.8) is 0 Å². The first-order valence-corrected chi connectivity index (χ1v) is 9.06. The number of aliphatic imine (C=N–C) groups is 1. The summed E-state index contributed by atoms with van der Waals surface area (Å²) in [5.74, 6) is 0.265. The normalized spacial score (nSPS) is 12.0. The fourth-order valence-electron chi connectivity index (χ4n) is 2.15. The maximum Gasteiger partial charge on any atom is 0.434 e. The molecule has 1 amide bonds. The van der Waals surface area contributed by atoms with Crippen molar-refractivity contribution in [3.05, 3.63) is 51.5 Å². The van der Waals surface area contributed by atoms with Gasteiger partial charge in [0.2, 0.25) is 0 Å². The van der Waals surface area contributed by atoms with Gasteiger partial charge in [-0.25, -0.2) is 9.98 Å². The van der Waals surface area contributed by atoms with E-state index in [1.54, 1.807) is 25.2 Å². The molecule has 10 heteroatoms. The number of guanidine groups is 1. The molecular weight excluding hydrogens is 379 g/mol. The number of hydrogen-bond donors (Lipinski definition) is 3. The number of halogens is 3. The number of aromatic nitrogens is 1. The molecular formula is C17H20F3N5OS. The van der Waals surface area contributed by atoms with E-state index in [2.05, 4.69) is 25.9 Å². The Labute approximate surface area is 158 Å². The van der Waals surface area contributed by atoms with Gasteiger partial charge in [-0.05, 0) is 24.6 Å². The van der Waals surface area contributed by atoms with Crippen LogP contribution in [0.1, 0.15) is 33.5 Å². The number of thiazole rings is 1. The molecule has 2 aromatic rings. The zero-order valence-electron chi connectivity index (χ0n) is 14.9. The Morgan fingerprint density at radius 2 is 2.07 bits per heavy atom. The predicted octanol–water partition coefficient (Wildman–Crippen LogP) is 2.78. The summed E-state index contributed by atoms with van der Waals surface area (Å²) < 4.78 is 37.8. The van der Waals surface area contributed by atoms with Crippen molar-refractivity contribution in [1.29, 1.82) is 0 Å². The Kier molecular flexibility index (Phi) is 7.17. The van der Waals surface area contributed by atoms with E-state index in [4.69, 9.17) is 0 Å². The fourth-order valence-corrected chi connectivity index (χ4v) is 2.89. The third kappa shape index (κ3) is 6.24. The van der Waals surface area contributed by atoms with Gasteiger partial charge >= 0.3 is 6.18 Å². The number of nitrogens with zero attached hydrogens (tertiary/aromatic N) is 2. The lowest BCUT2D eigenvalue weighted by molar-refractivity contribution is -0.140. The first kappa shape index (κ1) is 20.7. The molecule has 1 heterocycles. The number of rotatable bonds is 6. The molecule has 3 N–H and O–H groups in total. The third-order valence-electron chi connectivity index (χ3n) is 3.43. The zero-order valence-corrected chi connectivity index (χ0v) is 15.7. The number of carbonyl (C=O) groups excluding carboxylic acids is 1. The van der Waals surface area contributed by atoms with Gasteiger partial charge < -0.3 is 16.0 Å². The Bertz CT molecular complexity index is 804. The molecule has 0 unspecified atom stereocenters. The van der Waals surface area contributed by atoms with Gasteiger partial charge in [0.05, 0.1) is 13.1 Å². The van der Waals surface area contributed by atoms with E-state index in [0.29, 0.717) is 29.6 Å². The first-order valence-electron chi connectivity index (χ1n) is 8.18. The van der Waals surface area contributed by atoms with Crippen molar-refractivity contribution in [1.82, 2.24) is 20.9 Å². The van der Waals surface area contributed by atoms with E-state index < -0.39 is 11.9 Å². The summed E-state index contributed by atoms with van der Waals surface area (Å²) >= 11 is 0.938. The molecule has 1 aromatic heterocycles. The Hall–Kier alpha value is -2.62. The predicted molar refractivity (Wildman–Crippen MR) is 98.6 cm³/mol. The second-order valence-corrected chi connectivity index (χ2v) is 6.40. The number of benzene rings is 1. The highest BCUT2D eigenvalue weighted by Crippen LogP contribution is 2.29. The lowest BCUT2D eigenvalue weighted by atomic mass is 10.1. The summed E-state index contributed by atoms with van der Waals surface area (Å²) in [6.45, 7) is 2.92. The molecule has 1 aromatic carbocycles. The number of amides is 1. The molecule has 0 aliphatic heterocycles.